The summed E-state index contributed by atoms with van der Waals surface area (Å²) in [6.07, 6.45) is -4.35. The van der Waals surface area contributed by atoms with Crippen LogP contribution >= 0.6 is 28.1 Å². The molecule has 0 nitrogen and oxygen atoms in total. The molecule has 0 rings (SSSR count). The van der Waals surface area contributed by atoms with Gasteiger partial charge in [-0.05, 0) is 15.9 Å². The van der Waals surface area contributed by atoms with E-state index >= 15 is 0 Å². The van der Waals surface area contributed by atoms with Gasteiger partial charge in [0.05, 0.1) is 0 Å². The third-order valence-corrected chi connectivity index (χ3v) is 0.904. The van der Waals surface area contributed by atoms with Crippen LogP contribution in [-0.4, -0.2) is 9.95 Å². The first-order valence-electron chi connectivity index (χ1n) is 1.21. The van der Waals surface area contributed by atoms with Gasteiger partial charge >= 0.3 is 6.18 Å². The zero-order valence-electron chi connectivity index (χ0n) is 2.92. The normalized spacial score (nSPS) is 11.4. The summed E-state index contributed by atoms with van der Waals surface area (Å²) in [4.78, 5) is 0. The van der Waals surface area contributed by atoms with Gasteiger partial charge in [-0.15, -0.1) is 0 Å². The summed E-state index contributed by atoms with van der Waals surface area (Å²) in [7, 11) is 0. The maximum Gasteiger partial charge on any atom is 0.432 e. The van der Waals surface area contributed by atoms with Gasteiger partial charge in [-0.25, -0.2) is 0 Å². The second kappa shape index (κ2) is 2.09. The van der Waals surface area contributed by atoms with Crippen LogP contribution in [0.4, 0.5) is 13.2 Å². The quantitative estimate of drug-likeness (QED) is 0.420. The lowest BCUT2D eigenvalue weighted by molar-refractivity contribution is -0.0528. The van der Waals surface area contributed by atoms with E-state index in [2.05, 4.69) is 28.1 Å². The summed E-state index contributed by atoms with van der Waals surface area (Å²) in [5, 5.41) is 0. The fraction of sp³-hybridized carbons (Fsp3) is 0.500. The summed E-state index contributed by atoms with van der Waals surface area (Å²) in [6.45, 7) is 0. The molecule has 0 amide bonds. The van der Waals surface area contributed by atoms with Crippen molar-refractivity contribution in [3.63, 3.8) is 0 Å². The highest BCUT2D eigenvalue weighted by atomic mass is 79.9. The molecule has 0 N–H and O–H groups in total. The monoisotopic (exact) mass is 192 g/mol. The van der Waals surface area contributed by atoms with Crippen molar-refractivity contribution in [3.8, 4) is 0 Å². The predicted octanol–water partition coefficient (Wildman–Crippen LogP) is 2.27. The molecule has 0 fully saturated rings. The van der Waals surface area contributed by atoms with Crippen molar-refractivity contribution in [1.29, 1.82) is 0 Å². The average Bonchev–Trinajstić information content (AvgIpc) is 1.31. The largest absolute Gasteiger partial charge is 0.432 e. The number of hydrogen-bond acceptors (Lipinski definition) is 1. The summed E-state index contributed by atoms with van der Waals surface area (Å²) < 4.78 is 31.9. The van der Waals surface area contributed by atoms with E-state index in [-0.39, 0.29) is 0 Å². The number of rotatable bonds is 0. The molecular weight excluding hydrogens is 193 g/mol. The Kier molecular flexibility index (Phi) is 2.19. The fourth-order valence-corrected chi connectivity index (χ4v) is 0. The summed E-state index contributed by atoms with van der Waals surface area (Å²) in [5.41, 5.74) is 0. The third-order valence-electron chi connectivity index (χ3n) is 0.223. The van der Waals surface area contributed by atoms with E-state index in [1.165, 1.54) is 0 Å². The first-order valence-corrected chi connectivity index (χ1v) is 2.41. The maximum atomic E-state index is 11.0. The van der Waals surface area contributed by atoms with Gasteiger partial charge in [0.15, 0.2) is 3.77 Å². The van der Waals surface area contributed by atoms with Crippen molar-refractivity contribution in [3.05, 3.63) is 0 Å². The Morgan fingerprint density at radius 3 is 1.57 bits per heavy atom. The zero-order chi connectivity index (χ0) is 6.08. The number of thiocarbonyl (C=S) groups is 1. The lowest BCUT2D eigenvalue weighted by Gasteiger charge is -1.97. The van der Waals surface area contributed by atoms with Crippen LogP contribution in [0.1, 0.15) is 0 Å². The minimum absolute atomic E-state index is 1.11. The highest BCUT2D eigenvalue weighted by Crippen LogP contribution is 2.20. The molecule has 0 aromatic carbocycles. The fourth-order valence-electron chi connectivity index (χ4n) is 0. The van der Waals surface area contributed by atoms with Crippen LogP contribution in [-0.2, 0) is 0 Å². The van der Waals surface area contributed by atoms with Crippen LogP contribution in [0.3, 0.4) is 0 Å². The zero-order valence-corrected chi connectivity index (χ0v) is 5.32. The van der Waals surface area contributed by atoms with Crippen molar-refractivity contribution < 1.29 is 13.2 Å². The SMILES string of the molecule is FC(F)(F)C(=S)Br. The second-order valence-corrected chi connectivity index (χ2v) is 2.50. The predicted molar refractivity (Wildman–Crippen MR) is 27.6 cm³/mol. The van der Waals surface area contributed by atoms with Gasteiger partial charge in [0.2, 0.25) is 0 Å². The molecule has 0 saturated carbocycles. The average molecular weight is 193 g/mol. The lowest BCUT2D eigenvalue weighted by atomic mass is 10.8. The van der Waals surface area contributed by atoms with Crippen LogP contribution in [0, 0.1) is 0 Å². The Labute approximate surface area is 51.8 Å². The van der Waals surface area contributed by atoms with E-state index in [0.717, 1.165) is 0 Å². The Balaban J connectivity index is 3.79. The van der Waals surface area contributed by atoms with Crippen LogP contribution < -0.4 is 0 Å². The maximum absolute atomic E-state index is 11.0. The number of hydrogen-bond donors (Lipinski definition) is 0. The van der Waals surface area contributed by atoms with Gasteiger partial charge in [-0.1, -0.05) is 12.2 Å². The Morgan fingerprint density at radius 2 is 1.57 bits per heavy atom. The molecule has 0 bridgehead atoms. The summed E-state index contributed by atoms with van der Waals surface area (Å²) in [6, 6.07) is 0. The lowest BCUT2D eigenvalue weighted by Crippen LogP contribution is -2.13. The van der Waals surface area contributed by atoms with Gasteiger partial charge in [0.1, 0.15) is 0 Å². The molecule has 7 heavy (non-hydrogen) atoms. The standard InChI is InChI=1S/C2BrF3S/c3-1(7)2(4,5)6. The van der Waals surface area contributed by atoms with Crippen molar-refractivity contribution >= 4 is 31.9 Å². The molecule has 0 aromatic rings. The second-order valence-electron chi connectivity index (χ2n) is 0.771. The molecule has 5 heteroatoms. The first-order chi connectivity index (χ1) is 2.94. The molecular formula is C2BrF3S. The third kappa shape index (κ3) is 2.99. The molecule has 0 aliphatic heterocycles. The minimum Gasteiger partial charge on any atom is -0.165 e. The molecule has 0 aliphatic rings. The van der Waals surface area contributed by atoms with Gasteiger partial charge in [-0.2, -0.15) is 13.2 Å². The topological polar surface area (TPSA) is 0 Å². The first kappa shape index (κ1) is 7.36. The molecule has 0 aromatic heterocycles. The molecule has 0 unspecified atom stereocenters. The molecule has 0 aliphatic carbocycles. The molecule has 0 heterocycles. The Hall–Kier alpha value is 0.360. The van der Waals surface area contributed by atoms with E-state index in [4.69, 9.17) is 0 Å². The van der Waals surface area contributed by atoms with Crippen LogP contribution in [0.2, 0.25) is 0 Å². The molecule has 0 spiro atoms. The van der Waals surface area contributed by atoms with Gasteiger partial charge in [0, 0.05) is 0 Å². The van der Waals surface area contributed by atoms with E-state index in [1.807, 2.05) is 0 Å². The van der Waals surface area contributed by atoms with Crippen molar-refractivity contribution in [2.24, 2.45) is 0 Å². The van der Waals surface area contributed by atoms with Gasteiger partial charge in [0.25, 0.3) is 0 Å². The van der Waals surface area contributed by atoms with Gasteiger partial charge in [-0.3, -0.25) is 0 Å². The summed E-state index contributed by atoms with van der Waals surface area (Å²) in [5.74, 6) is 0. The van der Waals surface area contributed by atoms with Crippen LogP contribution in [0.25, 0.3) is 0 Å². The number of halogens is 4. The highest BCUT2D eigenvalue weighted by molar-refractivity contribution is 9.20. The van der Waals surface area contributed by atoms with Crippen molar-refractivity contribution in [1.82, 2.24) is 0 Å². The van der Waals surface area contributed by atoms with Crippen molar-refractivity contribution in [2.75, 3.05) is 0 Å². The number of alkyl halides is 3. The van der Waals surface area contributed by atoms with E-state index in [9.17, 15) is 13.2 Å². The summed E-state index contributed by atoms with van der Waals surface area (Å²) >= 11 is 5.83. The smallest absolute Gasteiger partial charge is 0.165 e. The Morgan fingerprint density at radius 1 is 1.43 bits per heavy atom. The van der Waals surface area contributed by atoms with E-state index < -0.39 is 9.95 Å². The molecule has 42 valence electrons. The molecule has 0 atom stereocenters. The molecule has 0 saturated heterocycles. The molecule has 0 radical (unpaired) electrons. The van der Waals surface area contributed by atoms with Crippen molar-refractivity contribution in [2.45, 2.75) is 6.18 Å². The van der Waals surface area contributed by atoms with E-state index in [1.54, 1.807) is 0 Å². The highest BCUT2D eigenvalue weighted by Gasteiger charge is 2.31. The van der Waals surface area contributed by atoms with Crippen LogP contribution in [0.15, 0.2) is 0 Å². The minimum atomic E-state index is -4.35. The Bertz CT molecular complexity index is 85.4. The van der Waals surface area contributed by atoms with Gasteiger partial charge < -0.3 is 0 Å². The van der Waals surface area contributed by atoms with E-state index in [0.29, 0.717) is 0 Å². The van der Waals surface area contributed by atoms with Crippen LogP contribution in [0.5, 0.6) is 0 Å².